The van der Waals surface area contributed by atoms with Gasteiger partial charge in [0.05, 0.1) is 0 Å². The summed E-state index contributed by atoms with van der Waals surface area (Å²) in [5.74, 6) is -0.0933. The molecule has 0 saturated heterocycles. The summed E-state index contributed by atoms with van der Waals surface area (Å²) in [6.45, 7) is 3.82. The normalized spacial score (nSPS) is 11.8. The SMILES string of the molecule is CC(=O)c1ccc(NC(=O)C[NH2+][C@@H](C)c2ccccc2Cl)cc1. The zero-order valence-electron chi connectivity index (χ0n) is 13.2. The number of ketones is 1. The first-order chi connectivity index (χ1) is 11.0. The monoisotopic (exact) mass is 331 g/mol. The quantitative estimate of drug-likeness (QED) is 0.799. The van der Waals surface area contributed by atoms with E-state index in [0.717, 1.165) is 5.56 Å². The summed E-state index contributed by atoms with van der Waals surface area (Å²) in [7, 11) is 0. The van der Waals surface area contributed by atoms with Gasteiger partial charge in [0.2, 0.25) is 0 Å². The van der Waals surface area contributed by atoms with Crippen molar-refractivity contribution in [1.82, 2.24) is 0 Å². The Morgan fingerprint density at radius 2 is 1.78 bits per heavy atom. The summed E-state index contributed by atoms with van der Waals surface area (Å²) < 4.78 is 0. The van der Waals surface area contributed by atoms with Crippen LogP contribution >= 0.6 is 11.6 Å². The van der Waals surface area contributed by atoms with E-state index in [1.807, 2.05) is 36.5 Å². The van der Waals surface area contributed by atoms with Crippen molar-refractivity contribution in [3.63, 3.8) is 0 Å². The number of carbonyl (C=O) groups is 2. The lowest BCUT2D eigenvalue weighted by Gasteiger charge is -2.12. The van der Waals surface area contributed by atoms with Crippen LogP contribution in [0, 0.1) is 0 Å². The molecule has 23 heavy (non-hydrogen) atoms. The van der Waals surface area contributed by atoms with E-state index in [1.54, 1.807) is 24.3 Å². The number of hydrogen-bond donors (Lipinski definition) is 2. The maximum atomic E-state index is 12.0. The van der Waals surface area contributed by atoms with Gasteiger partial charge < -0.3 is 10.6 Å². The average molecular weight is 332 g/mol. The van der Waals surface area contributed by atoms with E-state index in [1.165, 1.54) is 6.92 Å². The molecule has 4 nitrogen and oxygen atoms in total. The Hall–Kier alpha value is -2.17. The zero-order valence-corrected chi connectivity index (χ0v) is 13.9. The third kappa shape index (κ3) is 4.91. The molecule has 5 heteroatoms. The third-order valence-corrected chi connectivity index (χ3v) is 3.97. The molecule has 0 aliphatic rings. The van der Waals surface area contributed by atoms with Gasteiger partial charge in [-0.15, -0.1) is 0 Å². The van der Waals surface area contributed by atoms with E-state index in [-0.39, 0.29) is 17.7 Å². The van der Waals surface area contributed by atoms with Crippen LogP contribution < -0.4 is 10.6 Å². The number of nitrogens with two attached hydrogens (primary N) is 1. The van der Waals surface area contributed by atoms with Crippen LogP contribution in [0.25, 0.3) is 0 Å². The van der Waals surface area contributed by atoms with Crippen LogP contribution in [0.4, 0.5) is 5.69 Å². The van der Waals surface area contributed by atoms with Crippen LogP contribution in [0.5, 0.6) is 0 Å². The predicted molar refractivity (Wildman–Crippen MR) is 91.7 cm³/mol. The molecular weight excluding hydrogens is 312 g/mol. The largest absolute Gasteiger partial charge is 0.332 e. The number of hydrogen-bond acceptors (Lipinski definition) is 2. The zero-order chi connectivity index (χ0) is 16.8. The van der Waals surface area contributed by atoms with Crippen LogP contribution in [-0.2, 0) is 4.79 Å². The number of quaternary nitrogens is 1. The van der Waals surface area contributed by atoms with Crippen LogP contribution in [0.1, 0.15) is 35.8 Å². The number of anilines is 1. The van der Waals surface area contributed by atoms with E-state index >= 15 is 0 Å². The average Bonchev–Trinajstić information content (AvgIpc) is 2.53. The molecule has 0 spiro atoms. The second-order valence-corrected chi connectivity index (χ2v) is 5.84. The first-order valence-corrected chi connectivity index (χ1v) is 7.84. The Labute approximate surface area is 140 Å². The molecule has 120 valence electrons. The van der Waals surface area contributed by atoms with Crippen LogP contribution in [0.15, 0.2) is 48.5 Å². The topological polar surface area (TPSA) is 62.8 Å². The highest BCUT2D eigenvalue weighted by Crippen LogP contribution is 2.19. The van der Waals surface area contributed by atoms with E-state index < -0.39 is 0 Å². The molecule has 1 atom stereocenters. The molecule has 0 bridgehead atoms. The highest BCUT2D eigenvalue weighted by atomic mass is 35.5. The number of nitrogens with one attached hydrogen (secondary N) is 1. The minimum atomic E-state index is -0.0977. The second-order valence-electron chi connectivity index (χ2n) is 5.43. The van der Waals surface area contributed by atoms with Gasteiger partial charge in [-0.1, -0.05) is 29.8 Å². The fourth-order valence-corrected chi connectivity index (χ4v) is 2.56. The first kappa shape index (κ1) is 17.2. The van der Waals surface area contributed by atoms with E-state index in [9.17, 15) is 9.59 Å². The highest BCUT2D eigenvalue weighted by Gasteiger charge is 2.14. The van der Waals surface area contributed by atoms with Gasteiger partial charge in [-0.25, -0.2) is 0 Å². The molecule has 0 heterocycles. The Kier molecular flexibility index (Phi) is 5.90. The van der Waals surface area contributed by atoms with Gasteiger partial charge in [0.25, 0.3) is 5.91 Å². The maximum Gasteiger partial charge on any atom is 0.279 e. The number of benzene rings is 2. The lowest BCUT2D eigenvalue weighted by Crippen LogP contribution is -2.86. The lowest BCUT2D eigenvalue weighted by atomic mass is 10.1. The fraction of sp³-hybridized carbons (Fsp3) is 0.222. The van der Waals surface area contributed by atoms with Crippen molar-refractivity contribution in [2.24, 2.45) is 0 Å². The smallest absolute Gasteiger partial charge is 0.279 e. The molecule has 0 fully saturated rings. The van der Waals surface area contributed by atoms with Gasteiger partial charge in [0.15, 0.2) is 12.3 Å². The molecule has 0 radical (unpaired) electrons. The standard InChI is InChI=1S/C18H19ClN2O2/c1-12(16-5-3-4-6-17(16)19)20-11-18(23)21-15-9-7-14(8-10-15)13(2)22/h3-10,12,20H,11H2,1-2H3,(H,21,23)/p+1/t12-/m0/s1. The second kappa shape index (κ2) is 7.90. The minimum Gasteiger partial charge on any atom is -0.332 e. The van der Waals surface area contributed by atoms with Gasteiger partial charge in [0, 0.05) is 21.8 Å². The van der Waals surface area contributed by atoms with Gasteiger partial charge in [-0.05, 0) is 44.2 Å². The highest BCUT2D eigenvalue weighted by molar-refractivity contribution is 6.31. The van der Waals surface area contributed by atoms with E-state index in [4.69, 9.17) is 11.6 Å². The van der Waals surface area contributed by atoms with Crippen molar-refractivity contribution in [2.45, 2.75) is 19.9 Å². The molecular formula is C18H20ClN2O2+. The molecule has 0 unspecified atom stereocenters. The van der Waals surface area contributed by atoms with Crippen molar-refractivity contribution >= 4 is 29.0 Å². The molecule has 0 saturated carbocycles. The molecule has 0 aromatic heterocycles. The summed E-state index contributed by atoms with van der Waals surface area (Å²) in [6.07, 6.45) is 0. The summed E-state index contributed by atoms with van der Waals surface area (Å²) >= 11 is 6.16. The van der Waals surface area contributed by atoms with Crippen molar-refractivity contribution in [1.29, 1.82) is 0 Å². The molecule has 0 aliphatic carbocycles. The lowest BCUT2D eigenvalue weighted by molar-refractivity contribution is -0.682. The number of Topliss-reactive ketones (excluding diaryl/α,β-unsaturated/α-hetero) is 1. The van der Waals surface area contributed by atoms with Crippen molar-refractivity contribution in [3.05, 3.63) is 64.7 Å². The molecule has 2 aromatic carbocycles. The van der Waals surface area contributed by atoms with Crippen LogP contribution in [-0.4, -0.2) is 18.2 Å². The maximum absolute atomic E-state index is 12.0. The van der Waals surface area contributed by atoms with Crippen molar-refractivity contribution in [3.8, 4) is 0 Å². The molecule has 1 amide bonds. The van der Waals surface area contributed by atoms with Crippen molar-refractivity contribution in [2.75, 3.05) is 11.9 Å². The summed E-state index contributed by atoms with van der Waals surface area (Å²) in [4.78, 5) is 23.2. The minimum absolute atomic E-state index is 0.00442. The Morgan fingerprint density at radius 1 is 1.13 bits per heavy atom. The van der Waals surface area contributed by atoms with Gasteiger partial charge in [-0.3, -0.25) is 9.59 Å². The molecule has 3 N–H and O–H groups in total. The van der Waals surface area contributed by atoms with Crippen LogP contribution in [0.2, 0.25) is 5.02 Å². The molecule has 0 aliphatic heterocycles. The Balaban J connectivity index is 1.87. The summed E-state index contributed by atoms with van der Waals surface area (Å²) in [6, 6.07) is 14.6. The fourth-order valence-electron chi connectivity index (χ4n) is 2.26. The van der Waals surface area contributed by atoms with E-state index in [2.05, 4.69) is 5.32 Å². The predicted octanol–water partition coefficient (Wildman–Crippen LogP) is 2.81. The van der Waals surface area contributed by atoms with Gasteiger partial charge >= 0.3 is 0 Å². The Morgan fingerprint density at radius 3 is 2.39 bits per heavy atom. The first-order valence-electron chi connectivity index (χ1n) is 7.46. The molecule has 2 rings (SSSR count). The summed E-state index contributed by atoms with van der Waals surface area (Å²) in [5.41, 5.74) is 2.31. The van der Waals surface area contributed by atoms with E-state index in [0.29, 0.717) is 22.8 Å². The number of halogens is 1. The molecule has 2 aromatic rings. The number of rotatable bonds is 6. The summed E-state index contributed by atoms with van der Waals surface area (Å²) in [5, 5.41) is 5.45. The number of amides is 1. The number of carbonyl (C=O) groups excluding carboxylic acids is 2. The third-order valence-electron chi connectivity index (χ3n) is 3.63. The van der Waals surface area contributed by atoms with Gasteiger partial charge in [-0.2, -0.15) is 0 Å². The van der Waals surface area contributed by atoms with Gasteiger partial charge in [0.1, 0.15) is 6.04 Å². The Bertz CT molecular complexity index is 698. The van der Waals surface area contributed by atoms with Crippen molar-refractivity contribution < 1.29 is 14.9 Å². The van der Waals surface area contributed by atoms with Crippen LogP contribution in [0.3, 0.4) is 0 Å².